The van der Waals surface area contributed by atoms with Crippen LogP contribution in [0.3, 0.4) is 0 Å². The van der Waals surface area contributed by atoms with Crippen LogP contribution in [0, 0.1) is 5.92 Å². The van der Waals surface area contributed by atoms with Crippen molar-refractivity contribution in [2.75, 3.05) is 44.6 Å². The molecule has 3 aromatic rings. The fourth-order valence-corrected chi connectivity index (χ4v) is 3.97. The molecule has 0 aliphatic carbocycles. The number of ether oxygens (including phenoxy) is 3. The molecule has 1 fully saturated rings. The molecule has 0 bridgehead atoms. The van der Waals surface area contributed by atoms with Crippen molar-refractivity contribution < 1.29 is 19.0 Å². The SMILES string of the molecule is COc1ccc(-c2cc(N3CCC(C(=O)Nc4ccc(OC)c(OC)c4)CC3)ncn2)cc1. The Hall–Kier alpha value is -3.81. The molecular weight excluding hydrogens is 420 g/mol. The van der Waals surface area contributed by atoms with Gasteiger partial charge in [-0.3, -0.25) is 4.79 Å². The lowest BCUT2D eigenvalue weighted by molar-refractivity contribution is -0.120. The number of amides is 1. The molecule has 1 N–H and O–H groups in total. The highest BCUT2D eigenvalue weighted by molar-refractivity contribution is 5.93. The molecule has 0 radical (unpaired) electrons. The first-order valence-corrected chi connectivity index (χ1v) is 10.9. The van der Waals surface area contributed by atoms with E-state index in [0.29, 0.717) is 17.2 Å². The Kier molecular flexibility index (Phi) is 6.92. The topological polar surface area (TPSA) is 85.8 Å². The average Bonchev–Trinajstić information content (AvgIpc) is 2.88. The summed E-state index contributed by atoms with van der Waals surface area (Å²) in [4.78, 5) is 23.9. The fraction of sp³-hybridized carbons (Fsp3) is 0.320. The number of methoxy groups -OCH3 is 3. The maximum atomic E-state index is 12.8. The predicted molar refractivity (Wildman–Crippen MR) is 127 cm³/mol. The summed E-state index contributed by atoms with van der Waals surface area (Å²) in [5.41, 5.74) is 2.56. The van der Waals surface area contributed by atoms with E-state index in [-0.39, 0.29) is 11.8 Å². The molecular formula is C25H28N4O4. The Morgan fingerprint density at radius 3 is 2.30 bits per heavy atom. The van der Waals surface area contributed by atoms with Crippen LogP contribution >= 0.6 is 0 Å². The van der Waals surface area contributed by atoms with Gasteiger partial charge in [-0.05, 0) is 49.2 Å². The number of nitrogens with zero attached hydrogens (tertiary/aromatic N) is 3. The zero-order valence-electron chi connectivity index (χ0n) is 19.1. The van der Waals surface area contributed by atoms with Crippen molar-refractivity contribution >= 4 is 17.4 Å². The quantitative estimate of drug-likeness (QED) is 0.584. The summed E-state index contributed by atoms with van der Waals surface area (Å²) >= 11 is 0. The average molecular weight is 449 g/mol. The van der Waals surface area contributed by atoms with Gasteiger partial charge in [0.25, 0.3) is 0 Å². The van der Waals surface area contributed by atoms with Gasteiger partial charge in [0.1, 0.15) is 17.9 Å². The van der Waals surface area contributed by atoms with Crippen LogP contribution in [-0.4, -0.2) is 50.3 Å². The summed E-state index contributed by atoms with van der Waals surface area (Å²) in [6.07, 6.45) is 3.09. The van der Waals surface area contributed by atoms with Crippen molar-refractivity contribution in [2.24, 2.45) is 5.92 Å². The molecule has 0 saturated carbocycles. The van der Waals surface area contributed by atoms with Gasteiger partial charge in [-0.15, -0.1) is 0 Å². The van der Waals surface area contributed by atoms with Gasteiger partial charge < -0.3 is 24.4 Å². The van der Waals surface area contributed by atoms with Crippen LogP contribution in [0.25, 0.3) is 11.3 Å². The monoisotopic (exact) mass is 448 g/mol. The summed E-state index contributed by atoms with van der Waals surface area (Å²) in [5.74, 6) is 2.85. The van der Waals surface area contributed by atoms with E-state index in [9.17, 15) is 4.79 Å². The molecule has 1 aliphatic rings. The predicted octanol–water partition coefficient (Wildman–Crippen LogP) is 4.02. The third-order valence-corrected chi connectivity index (χ3v) is 5.88. The van der Waals surface area contributed by atoms with E-state index in [2.05, 4.69) is 20.2 Å². The smallest absolute Gasteiger partial charge is 0.227 e. The molecule has 172 valence electrons. The maximum Gasteiger partial charge on any atom is 0.227 e. The van der Waals surface area contributed by atoms with Crippen molar-refractivity contribution in [2.45, 2.75) is 12.8 Å². The molecule has 8 heteroatoms. The second-order valence-corrected chi connectivity index (χ2v) is 7.81. The van der Waals surface area contributed by atoms with Gasteiger partial charge in [0.15, 0.2) is 11.5 Å². The summed E-state index contributed by atoms with van der Waals surface area (Å²) in [7, 11) is 4.81. The number of hydrogen-bond acceptors (Lipinski definition) is 7. The number of carbonyl (C=O) groups excluding carboxylic acids is 1. The van der Waals surface area contributed by atoms with Crippen LogP contribution in [-0.2, 0) is 4.79 Å². The Morgan fingerprint density at radius 2 is 1.64 bits per heavy atom. The summed E-state index contributed by atoms with van der Waals surface area (Å²) in [5, 5.41) is 3.00. The van der Waals surface area contributed by atoms with E-state index in [4.69, 9.17) is 14.2 Å². The number of anilines is 2. The maximum absolute atomic E-state index is 12.8. The lowest BCUT2D eigenvalue weighted by atomic mass is 9.95. The van der Waals surface area contributed by atoms with Crippen LogP contribution in [0.15, 0.2) is 54.9 Å². The van der Waals surface area contributed by atoms with Gasteiger partial charge in [-0.25, -0.2) is 9.97 Å². The van der Waals surface area contributed by atoms with Crippen LogP contribution < -0.4 is 24.4 Å². The summed E-state index contributed by atoms with van der Waals surface area (Å²) in [6.45, 7) is 1.51. The van der Waals surface area contributed by atoms with Crippen molar-refractivity contribution in [3.8, 4) is 28.5 Å². The van der Waals surface area contributed by atoms with Gasteiger partial charge >= 0.3 is 0 Å². The number of hydrogen-bond donors (Lipinski definition) is 1. The molecule has 33 heavy (non-hydrogen) atoms. The standard InChI is InChI=1S/C25H28N4O4/c1-31-20-7-4-17(5-8-20)21-15-24(27-16-26-21)29-12-10-18(11-13-29)25(30)28-19-6-9-22(32-2)23(14-19)33-3/h4-9,14-16,18H,10-13H2,1-3H3,(H,28,30). The molecule has 2 heterocycles. The Morgan fingerprint density at radius 1 is 0.909 bits per heavy atom. The van der Waals surface area contributed by atoms with Crippen molar-refractivity contribution in [1.29, 1.82) is 0 Å². The third kappa shape index (κ3) is 5.16. The zero-order valence-corrected chi connectivity index (χ0v) is 19.1. The highest BCUT2D eigenvalue weighted by Gasteiger charge is 2.26. The number of piperidine rings is 1. The second-order valence-electron chi connectivity index (χ2n) is 7.81. The Labute approximate surface area is 193 Å². The largest absolute Gasteiger partial charge is 0.497 e. The minimum atomic E-state index is -0.0581. The second kappa shape index (κ2) is 10.2. The number of aromatic nitrogens is 2. The van der Waals surface area contributed by atoms with E-state index >= 15 is 0 Å². The lowest BCUT2D eigenvalue weighted by Crippen LogP contribution is -2.38. The van der Waals surface area contributed by atoms with Crippen molar-refractivity contribution in [3.63, 3.8) is 0 Å². The van der Waals surface area contributed by atoms with Crippen molar-refractivity contribution in [1.82, 2.24) is 9.97 Å². The molecule has 1 aromatic heterocycles. The highest BCUT2D eigenvalue weighted by atomic mass is 16.5. The number of benzene rings is 2. The molecule has 1 aliphatic heterocycles. The summed E-state index contributed by atoms with van der Waals surface area (Å²) in [6, 6.07) is 15.2. The van der Waals surface area contributed by atoms with Gasteiger partial charge in [-0.1, -0.05) is 0 Å². The van der Waals surface area contributed by atoms with Crippen LogP contribution in [0.4, 0.5) is 11.5 Å². The van der Waals surface area contributed by atoms with E-state index in [1.807, 2.05) is 36.4 Å². The summed E-state index contributed by atoms with van der Waals surface area (Å²) < 4.78 is 15.8. The minimum Gasteiger partial charge on any atom is -0.497 e. The van der Waals surface area contributed by atoms with Gasteiger partial charge in [-0.2, -0.15) is 0 Å². The molecule has 4 rings (SSSR count). The lowest BCUT2D eigenvalue weighted by Gasteiger charge is -2.32. The fourth-order valence-electron chi connectivity index (χ4n) is 3.97. The van der Waals surface area contributed by atoms with Crippen LogP contribution in [0.1, 0.15) is 12.8 Å². The first-order valence-electron chi connectivity index (χ1n) is 10.9. The number of carbonyl (C=O) groups is 1. The minimum absolute atomic E-state index is 0.0171. The van der Waals surface area contributed by atoms with E-state index in [0.717, 1.165) is 48.8 Å². The molecule has 8 nitrogen and oxygen atoms in total. The normalized spacial score (nSPS) is 14.0. The zero-order chi connectivity index (χ0) is 23.2. The first-order chi connectivity index (χ1) is 16.1. The first kappa shape index (κ1) is 22.4. The molecule has 0 spiro atoms. The van der Waals surface area contributed by atoms with Gasteiger partial charge in [0, 0.05) is 42.4 Å². The van der Waals surface area contributed by atoms with E-state index < -0.39 is 0 Å². The van der Waals surface area contributed by atoms with Crippen LogP contribution in [0.2, 0.25) is 0 Å². The van der Waals surface area contributed by atoms with Gasteiger partial charge in [0.2, 0.25) is 5.91 Å². The Balaban J connectivity index is 1.37. The molecule has 0 atom stereocenters. The number of rotatable bonds is 7. The van der Waals surface area contributed by atoms with Gasteiger partial charge in [0.05, 0.1) is 27.0 Å². The highest BCUT2D eigenvalue weighted by Crippen LogP contribution is 2.31. The third-order valence-electron chi connectivity index (χ3n) is 5.88. The molecule has 1 saturated heterocycles. The Bertz CT molecular complexity index is 1100. The van der Waals surface area contributed by atoms with Crippen molar-refractivity contribution in [3.05, 3.63) is 54.9 Å². The van der Waals surface area contributed by atoms with E-state index in [1.54, 1.807) is 39.8 Å². The molecule has 2 aromatic carbocycles. The number of nitrogens with one attached hydrogen (secondary N) is 1. The molecule has 1 amide bonds. The van der Waals surface area contributed by atoms with Crippen LogP contribution in [0.5, 0.6) is 17.2 Å². The molecule has 0 unspecified atom stereocenters. The van der Waals surface area contributed by atoms with E-state index in [1.165, 1.54) is 0 Å².